The van der Waals surface area contributed by atoms with Crippen LogP contribution in [0.4, 0.5) is 4.39 Å². The van der Waals surface area contributed by atoms with Crippen molar-refractivity contribution < 1.29 is 17.9 Å². The second kappa shape index (κ2) is 6.79. The second-order valence-electron chi connectivity index (χ2n) is 4.47. The number of aryl methyl sites for hydroxylation is 1. The summed E-state index contributed by atoms with van der Waals surface area (Å²) in [5.74, 6) is -0.369. The van der Waals surface area contributed by atoms with Gasteiger partial charge in [0.25, 0.3) is 0 Å². The summed E-state index contributed by atoms with van der Waals surface area (Å²) >= 11 is 0. The van der Waals surface area contributed by atoms with E-state index in [-0.39, 0.29) is 23.9 Å². The van der Waals surface area contributed by atoms with Gasteiger partial charge in [0.15, 0.2) is 0 Å². The summed E-state index contributed by atoms with van der Waals surface area (Å²) in [6, 6.07) is 5.58. The molecular formula is C13H16FN3O3S. The van der Waals surface area contributed by atoms with Gasteiger partial charge in [0.2, 0.25) is 10.0 Å². The first-order valence-corrected chi connectivity index (χ1v) is 7.87. The van der Waals surface area contributed by atoms with E-state index in [1.807, 2.05) is 0 Å². The van der Waals surface area contributed by atoms with E-state index in [1.54, 1.807) is 0 Å². The van der Waals surface area contributed by atoms with Gasteiger partial charge in [-0.25, -0.2) is 17.5 Å². The lowest BCUT2D eigenvalue weighted by Crippen LogP contribution is -2.22. The number of nitrogens with zero attached hydrogens (tertiary/aromatic N) is 2. The maximum atomic E-state index is 12.8. The Labute approximate surface area is 122 Å². The van der Waals surface area contributed by atoms with Crippen molar-refractivity contribution in [2.75, 3.05) is 6.61 Å². The first-order valence-electron chi connectivity index (χ1n) is 6.39. The number of aliphatic hydroxyl groups excluding tert-OH is 1. The fourth-order valence-corrected chi connectivity index (χ4v) is 2.67. The highest BCUT2D eigenvalue weighted by atomic mass is 32.2. The van der Waals surface area contributed by atoms with E-state index in [0.29, 0.717) is 18.5 Å². The Morgan fingerprint density at radius 2 is 2.00 bits per heavy atom. The predicted octanol–water partition coefficient (Wildman–Crippen LogP) is 0.883. The molecule has 1 aromatic carbocycles. The number of sulfonamides is 1. The summed E-state index contributed by atoms with van der Waals surface area (Å²) in [5.41, 5.74) is 0.660. The largest absolute Gasteiger partial charge is 0.396 e. The van der Waals surface area contributed by atoms with Gasteiger partial charge >= 0.3 is 0 Å². The molecule has 0 amide bonds. The Bertz CT molecular complexity index is 683. The molecule has 0 unspecified atom stereocenters. The van der Waals surface area contributed by atoms with Gasteiger partial charge in [0.05, 0.1) is 6.20 Å². The molecule has 0 spiro atoms. The van der Waals surface area contributed by atoms with Crippen molar-refractivity contribution in [2.45, 2.75) is 24.4 Å². The van der Waals surface area contributed by atoms with Crippen LogP contribution in [0.25, 0.3) is 0 Å². The molecule has 114 valence electrons. The number of halogens is 1. The summed E-state index contributed by atoms with van der Waals surface area (Å²) in [6.45, 7) is 0.541. The molecule has 6 nitrogen and oxygen atoms in total. The van der Waals surface area contributed by atoms with Crippen molar-refractivity contribution in [2.24, 2.45) is 0 Å². The third-order valence-corrected chi connectivity index (χ3v) is 4.20. The van der Waals surface area contributed by atoms with Gasteiger partial charge in [-0.1, -0.05) is 12.1 Å². The van der Waals surface area contributed by atoms with Crippen LogP contribution in [0.15, 0.2) is 41.6 Å². The van der Waals surface area contributed by atoms with Gasteiger partial charge in [0, 0.05) is 25.9 Å². The van der Waals surface area contributed by atoms with Gasteiger partial charge in [0.1, 0.15) is 10.7 Å². The van der Waals surface area contributed by atoms with E-state index < -0.39 is 10.0 Å². The molecule has 0 atom stereocenters. The van der Waals surface area contributed by atoms with Crippen molar-refractivity contribution in [3.63, 3.8) is 0 Å². The van der Waals surface area contributed by atoms with Crippen LogP contribution in [0.1, 0.15) is 12.0 Å². The molecule has 0 aliphatic rings. The van der Waals surface area contributed by atoms with Crippen molar-refractivity contribution in [3.8, 4) is 0 Å². The molecule has 1 heterocycles. The Morgan fingerprint density at radius 3 is 2.67 bits per heavy atom. The molecular weight excluding hydrogens is 297 g/mol. The lowest BCUT2D eigenvalue weighted by molar-refractivity contribution is 0.277. The van der Waals surface area contributed by atoms with Crippen LogP contribution in [0, 0.1) is 5.82 Å². The second-order valence-corrected chi connectivity index (χ2v) is 6.23. The smallest absolute Gasteiger partial charge is 0.243 e. The number of aliphatic hydroxyl groups is 1. The minimum atomic E-state index is -3.66. The molecule has 8 heteroatoms. The summed E-state index contributed by atoms with van der Waals surface area (Å²) in [6.07, 6.45) is 3.16. The Hall–Kier alpha value is -1.77. The van der Waals surface area contributed by atoms with Crippen molar-refractivity contribution >= 4 is 10.0 Å². The molecule has 2 rings (SSSR count). The molecule has 2 N–H and O–H groups in total. The Balaban J connectivity index is 2.00. The molecule has 0 radical (unpaired) electrons. The highest BCUT2D eigenvalue weighted by molar-refractivity contribution is 7.89. The van der Waals surface area contributed by atoms with Gasteiger partial charge in [-0.2, -0.15) is 5.10 Å². The first-order chi connectivity index (χ1) is 10.0. The zero-order chi connectivity index (χ0) is 15.3. The molecule has 0 bridgehead atoms. The summed E-state index contributed by atoms with van der Waals surface area (Å²) in [5, 5.41) is 12.6. The molecule has 0 fully saturated rings. The maximum absolute atomic E-state index is 12.8. The quantitative estimate of drug-likeness (QED) is 0.795. The lowest BCUT2D eigenvalue weighted by Gasteiger charge is -2.04. The van der Waals surface area contributed by atoms with Gasteiger partial charge < -0.3 is 5.11 Å². The highest BCUT2D eigenvalue weighted by Crippen LogP contribution is 2.09. The van der Waals surface area contributed by atoms with Crippen LogP contribution in [-0.2, 0) is 23.1 Å². The maximum Gasteiger partial charge on any atom is 0.243 e. The third kappa shape index (κ3) is 4.35. The third-order valence-electron chi connectivity index (χ3n) is 2.84. The standard InChI is InChI=1S/C13H16FN3O3S/c14-12-4-2-11(3-5-12)8-16-21(19,20)13-9-15-17(10-13)6-1-7-18/h2-5,9-10,16,18H,1,6-8H2. The molecule has 21 heavy (non-hydrogen) atoms. The van der Waals surface area contributed by atoms with Crippen LogP contribution in [0.5, 0.6) is 0 Å². The summed E-state index contributed by atoms with van der Waals surface area (Å²) < 4.78 is 40.8. The number of rotatable bonds is 7. The minimum absolute atomic E-state index is 0.0186. The zero-order valence-corrected chi connectivity index (χ0v) is 12.1. The van der Waals surface area contributed by atoms with Crippen LogP contribution in [0.2, 0.25) is 0 Å². The molecule has 0 saturated heterocycles. The van der Waals surface area contributed by atoms with Crippen molar-refractivity contribution in [3.05, 3.63) is 48.0 Å². The minimum Gasteiger partial charge on any atom is -0.396 e. The van der Waals surface area contributed by atoms with Crippen molar-refractivity contribution in [1.29, 1.82) is 0 Å². The average Bonchev–Trinajstić information content (AvgIpc) is 2.94. The number of hydrogen-bond donors (Lipinski definition) is 2. The molecule has 1 aromatic heterocycles. The van der Waals surface area contributed by atoms with Gasteiger partial charge in [-0.05, 0) is 24.1 Å². The Morgan fingerprint density at radius 1 is 1.29 bits per heavy atom. The number of benzene rings is 1. The predicted molar refractivity (Wildman–Crippen MR) is 74.4 cm³/mol. The summed E-state index contributed by atoms with van der Waals surface area (Å²) in [4.78, 5) is 0.0579. The lowest BCUT2D eigenvalue weighted by atomic mass is 10.2. The molecule has 2 aromatic rings. The molecule has 0 saturated carbocycles. The normalized spacial score (nSPS) is 11.7. The molecule has 0 aliphatic heterocycles. The van der Waals surface area contributed by atoms with E-state index in [1.165, 1.54) is 41.3 Å². The average molecular weight is 313 g/mol. The number of aromatic nitrogens is 2. The number of nitrogens with one attached hydrogen (secondary N) is 1. The highest BCUT2D eigenvalue weighted by Gasteiger charge is 2.16. The van der Waals surface area contributed by atoms with E-state index in [2.05, 4.69) is 9.82 Å². The number of hydrogen-bond acceptors (Lipinski definition) is 4. The van der Waals surface area contributed by atoms with E-state index in [0.717, 1.165) is 0 Å². The fourth-order valence-electron chi connectivity index (χ4n) is 1.70. The monoisotopic (exact) mass is 313 g/mol. The fraction of sp³-hybridized carbons (Fsp3) is 0.308. The summed E-state index contributed by atoms with van der Waals surface area (Å²) in [7, 11) is -3.66. The van der Waals surface area contributed by atoms with E-state index >= 15 is 0 Å². The van der Waals surface area contributed by atoms with Gasteiger partial charge in [-0.3, -0.25) is 4.68 Å². The zero-order valence-electron chi connectivity index (χ0n) is 11.2. The SMILES string of the molecule is O=S(=O)(NCc1ccc(F)cc1)c1cnn(CCCO)c1. The van der Waals surface area contributed by atoms with E-state index in [9.17, 15) is 12.8 Å². The van der Waals surface area contributed by atoms with Crippen LogP contribution < -0.4 is 4.72 Å². The Kier molecular flexibility index (Phi) is 5.05. The topological polar surface area (TPSA) is 84.2 Å². The van der Waals surface area contributed by atoms with Crippen LogP contribution in [-0.4, -0.2) is 29.9 Å². The van der Waals surface area contributed by atoms with E-state index in [4.69, 9.17) is 5.11 Å². The van der Waals surface area contributed by atoms with Crippen LogP contribution >= 0.6 is 0 Å². The first kappa shape index (κ1) is 15.6. The van der Waals surface area contributed by atoms with Gasteiger partial charge in [-0.15, -0.1) is 0 Å². The molecule has 0 aliphatic carbocycles. The van der Waals surface area contributed by atoms with Crippen molar-refractivity contribution in [1.82, 2.24) is 14.5 Å². The van der Waals surface area contributed by atoms with Crippen LogP contribution in [0.3, 0.4) is 0 Å².